The average molecular weight is 537 g/mol. The third kappa shape index (κ3) is 8.66. The van der Waals surface area contributed by atoms with Gasteiger partial charge in [-0.2, -0.15) is 0 Å². The van der Waals surface area contributed by atoms with E-state index < -0.39 is 0 Å². The van der Waals surface area contributed by atoms with E-state index >= 15 is 0 Å². The number of hydrogen-bond acceptors (Lipinski definition) is 4. The summed E-state index contributed by atoms with van der Waals surface area (Å²) in [4.78, 5) is 9.79. The van der Waals surface area contributed by atoms with Crippen molar-refractivity contribution in [2.24, 2.45) is 4.99 Å². The van der Waals surface area contributed by atoms with Gasteiger partial charge in [-0.05, 0) is 30.2 Å². The lowest BCUT2D eigenvalue weighted by molar-refractivity contribution is 0.172. The van der Waals surface area contributed by atoms with E-state index in [1.807, 2.05) is 0 Å². The fourth-order valence-electron chi connectivity index (χ4n) is 3.58. The second kappa shape index (κ2) is 14.3. The number of rotatable bonds is 9. The van der Waals surface area contributed by atoms with Gasteiger partial charge in [-0.25, -0.2) is 4.99 Å². The predicted octanol–water partition coefficient (Wildman–Crippen LogP) is 3.65. The number of nitrogens with one attached hydrogen (secondary N) is 2. The van der Waals surface area contributed by atoms with Gasteiger partial charge in [-0.3, -0.25) is 4.90 Å². The molecule has 0 aliphatic carbocycles. The Morgan fingerprint density at radius 1 is 0.968 bits per heavy atom. The molecule has 0 atom stereocenters. The number of anilines is 1. The van der Waals surface area contributed by atoms with Gasteiger partial charge in [0.25, 0.3) is 0 Å². The van der Waals surface area contributed by atoms with Crippen molar-refractivity contribution >= 4 is 35.6 Å². The van der Waals surface area contributed by atoms with Gasteiger partial charge in [-0.1, -0.05) is 42.5 Å². The first kappa shape index (κ1) is 25.4. The van der Waals surface area contributed by atoms with Crippen molar-refractivity contribution in [2.45, 2.75) is 20.0 Å². The molecule has 0 spiro atoms. The number of hydrogen-bond donors (Lipinski definition) is 2. The minimum Gasteiger partial charge on any atom is -0.383 e. The normalized spacial score (nSPS) is 14.8. The zero-order valence-corrected chi connectivity index (χ0v) is 21.0. The predicted molar refractivity (Wildman–Crippen MR) is 140 cm³/mol. The Labute approximate surface area is 204 Å². The Balaban J connectivity index is 0.00000341. The molecular weight excluding hydrogens is 501 g/mol. The monoisotopic (exact) mass is 537 g/mol. The fraction of sp³-hybridized carbons (Fsp3) is 0.458. The number of halogens is 1. The van der Waals surface area contributed by atoms with Crippen molar-refractivity contribution in [3.63, 3.8) is 0 Å². The Morgan fingerprint density at radius 2 is 1.68 bits per heavy atom. The first-order valence-electron chi connectivity index (χ1n) is 10.9. The Bertz CT molecular complexity index is 761. The lowest BCUT2D eigenvalue weighted by Gasteiger charge is -2.36. The highest BCUT2D eigenvalue weighted by Gasteiger charge is 2.19. The van der Waals surface area contributed by atoms with E-state index in [-0.39, 0.29) is 24.0 Å². The summed E-state index contributed by atoms with van der Waals surface area (Å²) in [5.74, 6) is 1.01. The maximum atomic E-state index is 5.07. The van der Waals surface area contributed by atoms with Gasteiger partial charge in [-0.15, -0.1) is 24.0 Å². The zero-order chi connectivity index (χ0) is 21.0. The molecule has 2 aromatic rings. The van der Waals surface area contributed by atoms with Crippen molar-refractivity contribution in [3.8, 4) is 0 Å². The summed E-state index contributed by atoms with van der Waals surface area (Å²) in [6.07, 6.45) is 0. The maximum absolute atomic E-state index is 5.07. The largest absolute Gasteiger partial charge is 0.383 e. The molecule has 1 fully saturated rings. The first-order chi connectivity index (χ1) is 14.8. The summed E-state index contributed by atoms with van der Waals surface area (Å²) in [5.41, 5.74) is 3.71. The standard InChI is InChI=1S/C24H35N5O.HI/c1-3-25-24(27-19-21-9-11-23(12-10-21)26-13-18-30-2)29-16-14-28(15-17-29)20-22-7-5-4-6-8-22;/h4-12,26H,3,13-20H2,1-2H3,(H,25,27);1H. The van der Waals surface area contributed by atoms with E-state index in [4.69, 9.17) is 9.73 Å². The highest BCUT2D eigenvalue weighted by molar-refractivity contribution is 14.0. The number of ether oxygens (including phenoxy) is 1. The molecule has 0 saturated carbocycles. The van der Waals surface area contributed by atoms with Crippen molar-refractivity contribution in [3.05, 3.63) is 65.7 Å². The molecule has 0 bridgehead atoms. The molecule has 170 valence electrons. The molecule has 7 heteroatoms. The summed E-state index contributed by atoms with van der Waals surface area (Å²) in [7, 11) is 1.72. The minimum absolute atomic E-state index is 0. The van der Waals surface area contributed by atoms with Crippen LogP contribution in [0.2, 0.25) is 0 Å². The molecule has 1 aliphatic rings. The molecule has 1 heterocycles. The Morgan fingerprint density at radius 3 is 2.32 bits per heavy atom. The van der Waals surface area contributed by atoms with Gasteiger partial charge < -0.3 is 20.3 Å². The SMILES string of the molecule is CCNC(=NCc1ccc(NCCOC)cc1)N1CCN(Cc2ccccc2)CC1.I. The van der Waals surface area contributed by atoms with Crippen LogP contribution in [0.5, 0.6) is 0 Å². The maximum Gasteiger partial charge on any atom is 0.194 e. The van der Waals surface area contributed by atoms with Crippen LogP contribution in [-0.4, -0.2) is 68.7 Å². The summed E-state index contributed by atoms with van der Waals surface area (Å²) in [5, 5.41) is 6.81. The lowest BCUT2D eigenvalue weighted by Crippen LogP contribution is -2.52. The molecular formula is C24H36IN5O. The summed E-state index contributed by atoms with van der Waals surface area (Å²) in [6.45, 7) is 10.3. The van der Waals surface area contributed by atoms with Crippen LogP contribution >= 0.6 is 24.0 Å². The molecule has 6 nitrogen and oxygen atoms in total. The lowest BCUT2D eigenvalue weighted by atomic mass is 10.2. The molecule has 0 unspecified atom stereocenters. The van der Waals surface area contributed by atoms with E-state index in [1.54, 1.807) is 7.11 Å². The summed E-state index contributed by atoms with van der Waals surface area (Å²) >= 11 is 0. The number of guanidine groups is 1. The summed E-state index contributed by atoms with van der Waals surface area (Å²) in [6, 6.07) is 19.2. The van der Waals surface area contributed by atoms with E-state index in [2.05, 4.69) is 82.0 Å². The van der Waals surface area contributed by atoms with Crippen LogP contribution in [0, 0.1) is 0 Å². The molecule has 0 amide bonds. The summed E-state index contributed by atoms with van der Waals surface area (Å²) < 4.78 is 5.07. The van der Waals surface area contributed by atoms with Gasteiger partial charge in [0, 0.05) is 58.6 Å². The Hall–Kier alpha value is -1.84. The highest BCUT2D eigenvalue weighted by atomic mass is 127. The van der Waals surface area contributed by atoms with E-state index in [9.17, 15) is 0 Å². The Kier molecular flexibility index (Phi) is 11.7. The average Bonchev–Trinajstić information content (AvgIpc) is 2.79. The second-order valence-electron chi connectivity index (χ2n) is 7.54. The third-order valence-electron chi connectivity index (χ3n) is 5.26. The van der Waals surface area contributed by atoms with Crippen LogP contribution in [0.3, 0.4) is 0 Å². The van der Waals surface area contributed by atoms with E-state index in [0.29, 0.717) is 13.2 Å². The molecule has 3 rings (SSSR count). The smallest absolute Gasteiger partial charge is 0.194 e. The topological polar surface area (TPSA) is 52.1 Å². The van der Waals surface area contributed by atoms with Crippen molar-refractivity contribution in [2.75, 3.05) is 58.3 Å². The number of nitrogens with zero attached hydrogens (tertiary/aromatic N) is 3. The molecule has 1 aliphatic heterocycles. The molecule has 2 aromatic carbocycles. The highest BCUT2D eigenvalue weighted by Crippen LogP contribution is 2.12. The first-order valence-corrected chi connectivity index (χ1v) is 10.9. The molecule has 31 heavy (non-hydrogen) atoms. The van der Waals surface area contributed by atoms with Crippen LogP contribution in [0.4, 0.5) is 5.69 Å². The number of aliphatic imine (C=N–C) groups is 1. The number of piperazine rings is 1. The van der Waals surface area contributed by atoms with Crippen molar-refractivity contribution < 1.29 is 4.74 Å². The van der Waals surface area contributed by atoms with Gasteiger partial charge in [0.05, 0.1) is 13.2 Å². The van der Waals surface area contributed by atoms with Gasteiger partial charge in [0.15, 0.2) is 5.96 Å². The van der Waals surface area contributed by atoms with E-state index in [1.165, 1.54) is 11.1 Å². The number of methoxy groups -OCH3 is 1. The number of benzene rings is 2. The van der Waals surface area contributed by atoms with Crippen LogP contribution < -0.4 is 10.6 Å². The van der Waals surface area contributed by atoms with Crippen LogP contribution in [0.1, 0.15) is 18.1 Å². The van der Waals surface area contributed by atoms with Gasteiger partial charge in [0.1, 0.15) is 0 Å². The van der Waals surface area contributed by atoms with Gasteiger partial charge >= 0.3 is 0 Å². The van der Waals surface area contributed by atoms with Crippen LogP contribution in [0.25, 0.3) is 0 Å². The van der Waals surface area contributed by atoms with Crippen molar-refractivity contribution in [1.82, 2.24) is 15.1 Å². The fourth-order valence-corrected chi connectivity index (χ4v) is 3.58. The van der Waals surface area contributed by atoms with Crippen molar-refractivity contribution in [1.29, 1.82) is 0 Å². The van der Waals surface area contributed by atoms with E-state index in [0.717, 1.165) is 57.5 Å². The minimum atomic E-state index is 0. The van der Waals surface area contributed by atoms with Crippen LogP contribution in [0.15, 0.2) is 59.6 Å². The molecule has 2 N–H and O–H groups in total. The van der Waals surface area contributed by atoms with Crippen LogP contribution in [-0.2, 0) is 17.8 Å². The van der Waals surface area contributed by atoms with Gasteiger partial charge in [0.2, 0.25) is 0 Å². The molecule has 1 saturated heterocycles. The molecule has 0 radical (unpaired) electrons. The third-order valence-corrected chi connectivity index (χ3v) is 5.26. The quantitative estimate of drug-likeness (QED) is 0.222. The second-order valence-corrected chi connectivity index (χ2v) is 7.54. The molecule has 0 aromatic heterocycles. The zero-order valence-electron chi connectivity index (χ0n) is 18.7.